The molecule has 1 aromatic rings. The number of phenols is 1. The van der Waals surface area contributed by atoms with Crippen LogP contribution in [-0.4, -0.2) is 16.7 Å². The van der Waals surface area contributed by atoms with Crippen molar-refractivity contribution in [3.8, 4) is 5.75 Å². The lowest BCUT2D eigenvalue weighted by Gasteiger charge is -2.54. The van der Waals surface area contributed by atoms with Crippen LogP contribution in [0.1, 0.15) is 45.6 Å². The highest BCUT2D eigenvalue weighted by Crippen LogP contribution is 2.62. The molecular formula is C22H23FO3. The summed E-state index contributed by atoms with van der Waals surface area (Å²) < 4.78 is 14.1. The van der Waals surface area contributed by atoms with Gasteiger partial charge in [-0.25, -0.2) is 4.39 Å². The molecule has 3 atom stereocenters. The molecule has 0 unspecified atom stereocenters. The van der Waals surface area contributed by atoms with Gasteiger partial charge in [0.15, 0.2) is 23.1 Å². The maximum atomic E-state index is 14.1. The molecule has 0 spiro atoms. The summed E-state index contributed by atoms with van der Waals surface area (Å²) in [5.41, 5.74) is -0.174. The SMILES string of the molecule is C=CC1=CC[C@@]2(C)C(=O)C(C)=C(C)C(=O)[C@@]2(C)[C@H]1c1cccc(F)c1O. The molecule has 1 aromatic carbocycles. The number of rotatable bonds is 2. The summed E-state index contributed by atoms with van der Waals surface area (Å²) in [4.78, 5) is 26.6. The minimum Gasteiger partial charge on any atom is -0.505 e. The second-order valence-corrected chi connectivity index (χ2v) is 7.67. The zero-order valence-corrected chi connectivity index (χ0v) is 15.5. The number of hydrogen-bond acceptors (Lipinski definition) is 3. The van der Waals surface area contributed by atoms with Crippen LogP contribution in [0.2, 0.25) is 0 Å². The van der Waals surface area contributed by atoms with Crippen molar-refractivity contribution in [2.75, 3.05) is 0 Å². The third kappa shape index (κ3) is 2.05. The van der Waals surface area contributed by atoms with Crippen molar-refractivity contribution in [3.63, 3.8) is 0 Å². The molecule has 0 aliphatic heterocycles. The fourth-order valence-electron chi connectivity index (χ4n) is 4.61. The number of fused-ring (bicyclic) bond motifs is 1. The maximum absolute atomic E-state index is 14.1. The van der Waals surface area contributed by atoms with E-state index >= 15 is 0 Å². The number of hydrogen-bond donors (Lipinski definition) is 1. The van der Waals surface area contributed by atoms with Crippen molar-refractivity contribution in [1.82, 2.24) is 0 Å². The normalized spacial score (nSPS) is 31.6. The maximum Gasteiger partial charge on any atom is 0.166 e. The van der Waals surface area contributed by atoms with Crippen LogP contribution >= 0.6 is 0 Å². The molecule has 0 saturated heterocycles. The van der Waals surface area contributed by atoms with E-state index in [9.17, 15) is 19.1 Å². The summed E-state index contributed by atoms with van der Waals surface area (Å²) in [6, 6.07) is 4.28. The Morgan fingerprint density at radius 1 is 1.19 bits per heavy atom. The molecule has 2 aliphatic carbocycles. The minimum atomic E-state index is -1.14. The Morgan fingerprint density at radius 2 is 1.81 bits per heavy atom. The Bertz CT molecular complexity index is 908. The molecule has 0 saturated carbocycles. The van der Waals surface area contributed by atoms with Crippen molar-refractivity contribution >= 4 is 11.6 Å². The average Bonchev–Trinajstić information content (AvgIpc) is 2.63. The van der Waals surface area contributed by atoms with E-state index in [-0.39, 0.29) is 11.6 Å². The van der Waals surface area contributed by atoms with Gasteiger partial charge in [0.2, 0.25) is 0 Å². The van der Waals surface area contributed by atoms with Crippen LogP contribution in [0.15, 0.2) is 53.6 Å². The first-order valence-electron chi connectivity index (χ1n) is 8.68. The van der Waals surface area contributed by atoms with E-state index in [1.54, 1.807) is 39.8 Å². The summed E-state index contributed by atoms with van der Waals surface area (Å²) in [5.74, 6) is -2.11. The second kappa shape index (κ2) is 5.76. The second-order valence-electron chi connectivity index (χ2n) is 7.67. The van der Waals surface area contributed by atoms with Crippen LogP contribution in [0.5, 0.6) is 5.75 Å². The largest absolute Gasteiger partial charge is 0.505 e. The fraction of sp³-hybridized carbons (Fsp3) is 0.364. The standard InChI is InChI=1S/C22H23FO3/c1-6-14-10-11-21(4)19(25)12(2)13(3)20(26)22(21,5)17(14)15-8-7-9-16(23)18(15)24/h6-10,17,24H,1,11H2,2-5H3/t17-,21+,22-/m1/s1. The molecule has 3 nitrogen and oxygen atoms in total. The predicted molar refractivity (Wildman–Crippen MR) is 98.3 cm³/mol. The van der Waals surface area contributed by atoms with Gasteiger partial charge in [0, 0.05) is 16.9 Å². The Kier molecular flexibility index (Phi) is 4.06. The first kappa shape index (κ1) is 18.3. The Labute approximate surface area is 152 Å². The van der Waals surface area contributed by atoms with Gasteiger partial charge in [-0.15, -0.1) is 0 Å². The predicted octanol–water partition coefficient (Wildman–Crippen LogP) is 4.63. The number of allylic oxidation sites excluding steroid dienone is 5. The van der Waals surface area contributed by atoms with Gasteiger partial charge in [0.1, 0.15) is 0 Å². The number of Topliss-reactive ketones (excluding diaryl/α,β-unsaturated/α-hetero) is 2. The summed E-state index contributed by atoms with van der Waals surface area (Å²) in [7, 11) is 0. The van der Waals surface area contributed by atoms with Crippen LogP contribution in [-0.2, 0) is 9.59 Å². The van der Waals surface area contributed by atoms with Crippen molar-refractivity contribution in [3.05, 3.63) is 65.0 Å². The van der Waals surface area contributed by atoms with Gasteiger partial charge >= 0.3 is 0 Å². The van der Waals surface area contributed by atoms with Gasteiger partial charge in [-0.05, 0) is 43.1 Å². The molecule has 2 aliphatic rings. The third-order valence-corrected chi connectivity index (χ3v) is 6.58. The first-order chi connectivity index (χ1) is 12.1. The number of halogens is 1. The van der Waals surface area contributed by atoms with Gasteiger partial charge in [0.25, 0.3) is 0 Å². The number of benzene rings is 1. The molecule has 0 amide bonds. The molecule has 0 heterocycles. The minimum absolute atomic E-state index is 0.0719. The van der Waals surface area contributed by atoms with E-state index in [1.165, 1.54) is 12.1 Å². The van der Waals surface area contributed by atoms with Crippen molar-refractivity contribution in [1.29, 1.82) is 0 Å². The van der Waals surface area contributed by atoms with E-state index in [4.69, 9.17) is 0 Å². The molecule has 1 N–H and O–H groups in total. The zero-order valence-electron chi connectivity index (χ0n) is 15.5. The Balaban J connectivity index is 2.38. The van der Waals surface area contributed by atoms with Gasteiger partial charge in [-0.2, -0.15) is 0 Å². The van der Waals surface area contributed by atoms with Gasteiger partial charge in [-0.1, -0.05) is 44.7 Å². The third-order valence-electron chi connectivity index (χ3n) is 6.58. The summed E-state index contributed by atoms with van der Waals surface area (Å²) in [5, 5.41) is 10.4. The van der Waals surface area contributed by atoms with Crippen molar-refractivity contribution in [2.24, 2.45) is 10.8 Å². The van der Waals surface area contributed by atoms with E-state index in [0.29, 0.717) is 23.1 Å². The summed E-state index contributed by atoms with van der Waals surface area (Å²) >= 11 is 0. The van der Waals surface area contributed by atoms with Gasteiger partial charge in [-0.3, -0.25) is 9.59 Å². The van der Waals surface area contributed by atoms with Gasteiger partial charge < -0.3 is 5.11 Å². The number of carbonyl (C=O) groups excluding carboxylic acids is 2. The lowest BCUT2D eigenvalue weighted by Crippen LogP contribution is -2.57. The molecule has 0 aromatic heterocycles. The van der Waals surface area contributed by atoms with Crippen molar-refractivity contribution in [2.45, 2.75) is 40.0 Å². The summed E-state index contributed by atoms with van der Waals surface area (Å²) in [6.45, 7) is 10.7. The molecule has 0 bridgehead atoms. The molecule has 136 valence electrons. The highest BCUT2D eigenvalue weighted by molar-refractivity contribution is 6.17. The first-order valence-corrected chi connectivity index (χ1v) is 8.68. The topological polar surface area (TPSA) is 54.4 Å². The van der Waals surface area contributed by atoms with Gasteiger partial charge in [0.05, 0.1) is 5.41 Å². The Morgan fingerprint density at radius 3 is 2.42 bits per heavy atom. The average molecular weight is 354 g/mol. The lowest BCUT2D eigenvalue weighted by atomic mass is 9.45. The fourth-order valence-corrected chi connectivity index (χ4v) is 4.61. The van der Waals surface area contributed by atoms with E-state index in [0.717, 1.165) is 5.57 Å². The van der Waals surface area contributed by atoms with Crippen molar-refractivity contribution < 1.29 is 19.1 Å². The lowest BCUT2D eigenvalue weighted by molar-refractivity contribution is -0.147. The number of ketones is 2. The van der Waals surface area contributed by atoms with E-state index < -0.39 is 28.3 Å². The zero-order chi connectivity index (χ0) is 19.4. The molecule has 0 radical (unpaired) electrons. The van der Waals surface area contributed by atoms with Crippen LogP contribution in [0, 0.1) is 16.6 Å². The number of carbonyl (C=O) groups is 2. The molecule has 26 heavy (non-hydrogen) atoms. The van der Waals surface area contributed by atoms with Crippen LogP contribution in [0.3, 0.4) is 0 Å². The number of aromatic hydroxyl groups is 1. The quantitative estimate of drug-likeness (QED) is 0.842. The highest BCUT2D eigenvalue weighted by Gasteiger charge is 2.63. The molecule has 0 fully saturated rings. The highest BCUT2D eigenvalue weighted by atomic mass is 19.1. The molecular weight excluding hydrogens is 331 g/mol. The van der Waals surface area contributed by atoms with Crippen LogP contribution in [0.25, 0.3) is 0 Å². The molecule has 3 rings (SSSR count). The number of para-hydroxylation sites is 1. The summed E-state index contributed by atoms with van der Waals surface area (Å²) in [6.07, 6.45) is 3.90. The van der Waals surface area contributed by atoms with E-state index in [2.05, 4.69) is 6.58 Å². The monoisotopic (exact) mass is 354 g/mol. The van der Waals surface area contributed by atoms with E-state index in [1.807, 2.05) is 6.08 Å². The number of phenolic OH excluding ortho intramolecular Hbond substituents is 1. The van der Waals surface area contributed by atoms with Crippen LogP contribution in [0.4, 0.5) is 4.39 Å². The smallest absolute Gasteiger partial charge is 0.166 e. The van der Waals surface area contributed by atoms with Crippen LogP contribution < -0.4 is 0 Å². The Hall–Kier alpha value is -2.49. The molecule has 4 heteroatoms.